The van der Waals surface area contributed by atoms with Gasteiger partial charge in [0.15, 0.2) is 11.3 Å². The molecule has 0 spiro atoms. The number of aryl methyl sites for hydroxylation is 2. The second-order valence-electron chi connectivity index (χ2n) is 6.08. The largest absolute Gasteiger partial charge is 0.362 e. The van der Waals surface area contributed by atoms with Crippen molar-refractivity contribution in [2.24, 2.45) is 0 Å². The summed E-state index contributed by atoms with van der Waals surface area (Å²) in [7, 11) is 0. The van der Waals surface area contributed by atoms with Crippen LogP contribution in [-0.2, 0) is 10.3 Å². The van der Waals surface area contributed by atoms with Gasteiger partial charge in [0.1, 0.15) is 0 Å². The van der Waals surface area contributed by atoms with E-state index in [0.717, 1.165) is 16.3 Å². The van der Waals surface area contributed by atoms with E-state index in [1.807, 2.05) is 6.92 Å². The topological polar surface area (TPSA) is 95.2 Å². The number of ketones is 1. The number of aromatic amines is 1. The van der Waals surface area contributed by atoms with Crippen LogP contribution < -0.4 is 5.32 Å². The van der Waals surface area contributed by atoms with Crippen LogP contribution in [-0.4, -0.2) is 39.1 Å². The Hall–Kier alpha value is -2.96. The number of carbonyl (C=O) groups excluding carboxylic acids is 3. The van der Waals surface area contributed by atoms with Gasteiger partial charge in [0.25, 0.3) is 5.91 Å². The molecule has 0 bridgehead atoms. The molecule has 0 saturated carbocycles. The Kier molecular flexibility index (Phi) is 3.71. The van der Waals surface area contributed by atoms with Crippen LogP contribution in [0.5, 0.6) is 0 Å². The minimum Gasteiger partial charge on any atom is -0.362 e. The van der Waals surface area contributed by atoms with Gasteiger partial charge in [0.05, 0.1) is 12.2 Å². The van der Waals surface area contributed by atoms with Crippen molar-refractivity contribution in [3.8, 4) is 0 Å². The summed E-state index contributed by atoms with van der Waals surface area (Å²) in [6.45, 7) is 4.91. The molecular weight excluding hydrogens is 308 g/mol. The van der Waals surface area contributed by atoms with Crippen molar-refractivity contribution in [3.05, 3.63) is 53.1 Å². The number of amides is 3. The molecule has 1 atom stereocenters. The van der Waals surface area contributed by atoms with Crippen LogP contribution in [0.3, 0.4) is 0 Å². The van der Waals surface area contributed by atoms with E-state index in [4.69, 9.17) is 0 Å². The number of nitrogens with zero attached hydrogens (tertiary/aromatic N) is 2. The first-order chi connectivity index (χ1) is 11.3. The van der Waals surface area contributed by atoms with Gasteiger partial charge in [-0.3, -0.25) is 19.5 Å². The third kappa shape index (κ3) is 2.47. The smallest absolute Gasteiger partial charge is 0.325 e. The van der Waals surface area contributed by atoms with Crippen molar-refractivity contribution in [1.29, 1.82) is 0 Å². The van der Waals surface area contributed by atoms with Crippen molar-refractivity contribution in [3.63, 3.8) is 0 Å². The van der Waals surface area contributed by atoms with Gasteiger partial charge < -0.3 is 10.3 Å². The zero-order valence-electron chi connectivity index (χ0n) is 13.7. The van der Waals surface area contributed by atoms with Gasteiger partial charge in [-0.05, 0) is 39.0 Å². The maximum atomic E-state index is 12.7. The normalized spacial score (nSPS) is 20.4. The van der Waals surface area contributed by atoms with E-state index in [0.29, 0.717) is 11.3 Å². The lowest BCUT2D eigenvalue weighted by Gasteiger charge is -2.20. The molecule has 3 amide bonds. The molecule has 1 fully saturated rings. The van der Waals surface area contributed by atoms with Crippen LogP contribution in [0.1, 0.15) is 34.4 Å². The fourth-order valence-corrected chi connectivity index (χ4v) is 2.92. The molecule has 2 aromatic heterocycles. The first-order valence-electron chi connectivity index (χ1n) is 7.58. The molecular formula is C17H18N4O3. The molecule has 7 heteroatoms. The molecule has 2 N–H and O–H groups in total. The predicted octanol–water partition coefficient (Wildman–Crippen LogP) is 1.68. The lowest BCUT2D eigenvalue weighted by atomic mass is 9.97. The molecule has 3 rings (SSSR count). The number of Topliss-reactive ketones (excluding diaryl/α,β-unsaturated/α-hetero) is 1. The highest BCUT2D eigenvalue weighted by Crippen LogP contribution is 2.27. The average molecular weight is 326 g/mol. The van der Waals surface area contributed by atoms with Crippen molar-refractivity contribution < 1.29 is 14.4 Å². The standard InChI is InChI=1S/C17H18N4O3/c1-10-8-12(11(2)19-10)13(22)9-21-15(23)17(3,20-16(21)24)14-6-4-5-7-18-14/h4-8,19H,9H2,1-3H3,(H,20,24). The number of hydrogen-bond acceptors (Lipinski definition) is 4. The molecule has 1 saturated heterocycles. The Morgan fingerprint density at radius 1 is 1.29 bits per heavy atom. The van der Waals surface area contributed by atoms with Crippen LogP contribution in [0.2, 0.25) is 0 Å². The summed E-state index contributed by atoms with van der Waals surface area (Å²) in [5, 5.41) is 2.64. The number of aromatic nitrogens is 2. The first-order valence-corrected chi connectivity index (χ1v) is 7.58. The van der Waals surface area contributed by atoms with Gasteiger partial charge in [-0.2, -0.15) is 0 Å². The molecule has 0 radical (unpaired) electrons. The lowest BCUT2D eigenvalue weighted by Crippen LogP contribution is -2.42. The van der Waals surface area contributed by atoms with Gasteiger partial charge in [-0.1, -0.05) is 6.07 Å². The Balaban J connectivity index is 1.85. The fraction of sp³-hybridized carbons (Fsp3) is 0.294. The summed E-state index contributed by atoms with van der Waals surface area (Å²) >= 11 is 0. The predicted molar refractivity (Wildman–Crippen MR) is 86.4 cm³/mol. The number of carbonyl (C=O) groups is 3. The summed E-state index contributed by atoms with van der Waals surface area (Å²) < 4.78 is 0. The first kappa shape index (κ1) is 15.9. The van der Waals surface area contributed by atoms with Crippen LogP contribution in [0.15, 0.2) is 30.5 Å². The second kappa shape index (κ2) is 5.59. The highest BCUT2D eigenvalue weighted by molar-refractivity contribution is 6.11. The Labute approximate surface area is 139 Å². The Morgan fingerprint density at radius 3 is 2.62 bits per heavy atom. The van der Waals surface area contributed by atoms with Crippen molar-refractivity contribution in [2.75, 3.05) is 6.54 Å². The van der Waals surface area contributed by atoms with Crippen molar-refractivity contribution in [2.45, 2.75) is 26.3 Å². The highest BCUT2D eigenvalue weighted by atomic mass is 16.2. The van der Waals surface area contributed by atoms with E-state index in [1.165, 1.54) is 0 Å². The van der Waals surface area contributed by atoms with Crippen LogP contribution in [0.25, 0.3) is 0 Å². The molecule has 1 aliphatic heterocycles. The van der Waals surface area contributed by atoms with E-state index >= 15 is 0 Å². The number of H-pyrrole nitrogens is 1. The van der Waals surface area contributed by atoms with Gasteiger partial charge >= 0.3 is 6.03 Å². The summed E-state index contributed by atoms with van der Waals surface area (Å²) in [6, 6.07) is 6.27. The Morgan fingerprint density at radius 2 is 2.04 bits per heavy atom. The van der Waals surface area contributed by atoms with Crippen LogP contribution >= 0.6 is 0 Å². The molecule has 124 valence electrons. The molecule has 3 heterocycles. The average Bonchev–Trinajstić information content (AvgIpc) is 3.00. The Bertz CT molecular complexity index is 828. The van der Waals surface area contributed by atoms with Crippen LogP contribution in [0.4, 0.5) is 4.79 Å². The van der Waals surface area contributed by atoms with Crippen molar-refractivity contribution in [1.82, 2.24) is 20.2 Å². The van der Waals surface area contributed by atoms with Gasteiger partial charge in [0, 0.05) is 23.1 Å². The second-order valence-corrected chi connectivity index (χ2v) is 6.08. The van der Waals surface area contributed by atoms with Gasteiger partial charge in [-0.15, -0.1) is 0 Å². The third-order valence-electron chi connectivity index (χ3n) is 4.20. The fourth-order valence-electron chi connectivity index (χ4n) is 2.92. The van der Waals surface area contributed by atoms with E-state index < -0.39 is 17.5 Å². The minimum absolute atomic E-state index is 0.286. The SMILES string of the molecule is Cc1cc(C(=O)CN2C(=O)NC(C)(c3ccccn3)C2=O)c(C)[nH]1. The number of imide groups is 1. The number of rotatable bonds is 4. The molecule has 1 aliphatic rings. The maximum absolute atomic E-state index is 12.7. The molecule has 0 aliphatic carbocycles. The summed E-state index contributed by atoms with van der Waals surface area (Å²) in [4.78, 5) is 45.6. The number of urea groups is 1. The summed E-state index contributed by atoms with van der Waals surface area (Å²) in [5.74, 6) is -0.768. The minimum atomic E-state index is -1.26. The van der Waals surface area contributed by atoms with E-state index in [9.17, 15) is 14.4 Å². The van der Waals surface area contributed by atoms with Crippen LogP contribution in [0, 0.1) is 13.8 Å². The maximum Gasteiger partial charge on any atom is 0.325 e. The zero-order valence-corrected chi connectivity index (χ0v) is 13.7. The van der Waals surface area contributed by atoms with E-state index in [2.05, 4.69) is 15.3 Å². The quantitative estimate of drug-likeness (QED) is 0.660. The third-order valence-corrected chi connectivity index (χ3v) is 4.20. The molecule has 1 unspecified atom stereocenters. The summed E-state index contributed by atoms with van der Waals surface area (Å²) in [5.41, 5.74) is 1.23. The van der Waals surface area contributed by atoms with Gasteiger partial charge in [-0.25, -0.2) is 4.79 Å². The van der Waals surface area contributed by atoms with Gasteiger partial charge in [0.2, 0.25) is 0 Å². The van der Waals surface area contributed by atoms with Crippen molar-refractivity contribution >= 4 is 17.7 Å². The number of nitrogens with one attached hydrogen (secondary N) is 2. The molecule has 7 nitrogen and oxygen atoms in total. The lowest BCUT2D eigenvalue weighted by molar-refractivity contribution is -0.130. The monoisotopic (exact) mass is 326 g/mol. The summed E-state index contributed by atoms with van der Waals surface area (Å²) in [6.07, 6.45) is 1.56. The molecule has 0 aromatic carbocycles. The molecule has 24 heavy (non-hydrogen) atoms. The number of pyridine rings is 1. The van der Waals surface area contributed by atoms with E-state index in [1.54, 1.807) is 44.3 Å². The highest BCUT2D eigenvalue weighted by Gasteiger charge is 2.50. The van der Waals surface area contributed by atoms with E-state index in [-0.39, 0.29) is 12.3 Å². The number of hydrogen-bond donors (Lipinski definition) is 2. The zero-order chi connectivity index (χ0) is 17.5. The molecule has 2 aromatic rings.